The number of carbonyl (C=O) groups is 1. The van der Waals surface area contributed by atoms with Gasteiger partial charge in [-0.25, -0.2) is 5.43 Å². The van der Waals surface area contributed by atoms with Gasteiger partial charge in [0.05, 0.1) is 6.21 Å². The van der Waals surface area contributed by atoms with E-state index < -0.39 is 6.04 Å². The molecule has 0 unspecified atom stereocenters. The number of amides is 1. The van der Waals surface area contributed by atoms with E-state index in [9.17, 15) is 9.90 Å². The van der Waals surface area contributed by atoms with Gasteiger partial charge >= 0.3 is 0 Å². The second-order valence-corrected chi connectivity index (χ2v) is 6.74. The van der Waals surface area contributed by atoms with Crippen LogP contribution in [0.2, 0.25) is 0 Å². The van der Waals surface area contributed by atoms with Crippen molar-refractivity contribution >= 4 is 44.5 Å². The first kappa shape index (κ1) is 17.9. The monoisotopic (exact) mass is 411 g/mol. The number of nitrogens with one attached hydrogen (secondary N) is 2. The molecule has 0 radical (unpaired) electrons. The lowest BCUT2D eigenvalue weighted by Gasteiger charge is -2.13. The first-order chi connectivity index (χ1) is 12.5. The highest BCUT2D eigenvalue weighted by Crippen LogP contribution is 2.25. The predicted molar refractivity (Wildman–Crippen MR) is 109 cm³/mol. The first-order valence-electron chi connectivity index (χ1n) is 8.10. The molecule has 0 bridgehead atoms. The smallest absolute Gasteiger partial charge is 0.262 e. The Balaban J connectivity index is 1.67. The van der Waals surface area contributed by atoms with Crippen molar-refractivity contribution in [1.29, 1.82) is 0 Å². The van der Waals surface area contributed by atoms with Gasteiger partial charge < -0.3 is 10.4 Å². The van der Waals surface area contributed by atoms with Crippen molar-refractivity contribution < 1.29 is 9.90 Å². The molecule has 3 N–H and O–H groups in total. The van der Waals surface area contributed by atoms with E-state index in [0.29, 0.717) is 5.56 Å². The van der Waals surface area contributed by atoms with E-state index in [4.69, 9.17) is 0 Å². The summed E-state index contributed by atoms with van der Waals surface area (Å²) in [5, 5.41) is 19.0. The minimum atomic E-state index is -0.463. The number of phenolic OH excluding ortho intramolecular Hbond substituents is 1. The quantitative estimate of drug-likeness (QED) is 0.433. The van der Waals surface area contributed by atoms with Crippen LogP contribution in [0.4, 0.5) is 5.69 Å². The molecule has 3 aromatic rings. The molecule has 6 heteroatoms. The van der Waals surface area contributed by atoms with Crippen LogP contribution in [-0.4, -0.2) is 23.3 Å². The predicted octanol–water partition coefficient (Wildman–Crippen LogP) is 4.26. The van der Waals surface area contributed by atoms with E-state index in [1.165, 1.54) is 6.21 Å². The Morgan fingerprint density at radius 3 is 2.62 bits per heavy atom. The van der Waals surface area contributed by atoms with Gasteiger partial charge in [-0.2, -0.15) is 5.10 Å². The number of aromatic hydroxyl groups is 1. The first-order valence-corrected chi connectivity index (χ1v) is 8.89. The molecule has 5 nitrogen and oxygen atoms in total. The molecular weight excluding hydrogens is 394 g/mol. The molecule has 1 atom stereocenters. The molecule has 0 aliphatic carbocycles. The zero-order chi connectivity index (χ0) is 18.5. The number of hydrogen-bond acceptors (Lipinski definition) is 4. The Kier molecular flexibility index (Phi) is 5.53. The van der Waals surface area contributed by atoms with Crippen LogP contribution in [0.5, 0.6) is 5.75 Å². The van der Waals surface area contributed by atoms with Crippen LogP contribution >= 0.6 is 15.9 Å². The summed E-state index contributed by atoms with van der Waals surface area (Å²) in [6.45, 7) is 1.75. The fraction of sp³-hybridized carbons (Fsp3) is 0.100. The largest absolute Gasteiger partial charge is 0.507 e. The Morgan fingerprint density at radius 1 is 1.12 bits per heavy atom. The number of carbonyl (C=O) groups excluding carboxylic acids is 1. The van der Waals surface area contributed by atoms with Gasteiger partial charge in [0.2, 0.25) is 0 Å². The van der Waals surface area contributed by atoms with Crippen LogP contribution in [0.25, 0.3) is 10.8 Å². The SMILES string of the molecule is C[C@@H](Nc1ccc(Br)cc1)C(=O)N/N=C\c1c(O)ccc2ccccc12. The van der Waals surface area contributed by atoms with Crippen molar-refractivity contribution in [2.45, 2.75) is 13.0 Å². The van der Waals surface area contributed by atoms with Gasteiger partial charge in [-0.15, -0.1) is 0 Å². The summed E-state index contributed by atoms with van der Waals surface area (Å²) in [6.07, 6.45) is 1.46. The van der Waals surface area contributed by atoms with Crippen LogP contribution < -0.4 is 10.7 Å². The molecular formula is C20H18BrN3O2. The van der Waals surface area contributed by atoms with E-state index >= 15 is 0 Å². The number of hydrazone groups is 1. The Hall–Kier alpha value is -2.86. The van der Waals surface area contributed by atoms with E-state index in [0.717, 1.165) is 20.9 Å². The second-order valence-electron chi connectivity index (χ2n) is 5.83. The molecule has 0 saturated carbocycles. The standard InChI is InChI=1S/C20H18BrN3O2/c1-13(23-16-9-7-15(21)8-10-16)20(26)24-22-12-18-17-5-3-2-4-14(17)6-11-19(18)25/h2-13,23,25H,1H3,(H,24,26)/b22-12-/t13-/m1/s1. The number of phenols is 1. The third-order valence-corrected chi connectivity index (χ3v) is 4.47. The Morgan fingerprint density at radius 2 is 1.85 bits per heavy atom. The molecule has 0 fully saturated rings. The lowest BCUT2D eigenvalue weighted by atomic mass is 10.0. The normalized spacial score (nSPS) is 12.2. The third kappa shape index (κ3) is 4.21. The minimum Gasteiger partial charge on any atom is -0.507 e. The highest BCUT2D eigenvalue weighted by atomic mass is 79.9. The lowest BCUT2D eigenvalue weighted by Crippen LogP contribution is -2.34. The Labute approximate surface area is 159 Å². The summed E-state index contributed by atoms with van der Waals surface area (Å²) >= 11 is 3.37. The van der Waals surface area contributed by atoms with Gasteiger partial charge in [0.25, 0.3) is 5.91 Å². The van der Waals surface area contributed by atoms with Crippen molar-refractivity contribution in [3.05, 3.63) is 70.7 Å². The third-order valence-electron chi connectivity index (χ3n) is 3.94. The zero-order valence-corrected chi connectivity index (χ0v) is 15.7. The number of rotatable bonds is 5. The molecule has 0 aliphatic heterocycles. The molecule has 3 rings (SSSR count). The van der Waals surface area contributed by atoms with Crippen LogP contribution in [0.3, 0.4) is 0 Å². The van der Waals surface area contributed by atoms with Crippen LogP contribution in [-0.2, 0) is 4.79 Å². The zero-order valence-electron chi connectivity index (χ0n) is 14.1. The fourth-order valence-corrected chi connectivity index (χ4v) is 2.80. The van der Waals surface area contributed by atoms with Crippen molar-refractivity contribution in [1.82, 2.24) is 5.43 Å². The molecule has 1 amide bonds. The highest BCUT2D eigenvalue weighted by molar-refractivity contribution is 9.10. The summed E-state index contributed by atoms with van der Waals surface area (Å²) in [5.74, 6) is -0.161. The topological polar surface area (TPSA) is 73.7 Å². The summed E-state index contributed by atoms with van der Waals surface area (Å²) in [7, 11) is 0. The number of hydrogen-bond donors (Lipinski definition) is 3. The number of nitrogens with zero attached hydrogens (tertiary/aromatic N) is 1. The number of halogens is 1. The van der Waals surface area contributed by atoms with Gasteiger partial charge in [-0.05, 0) is 48.0 Å². The second kappa shape index (κ2) is 8.01. The molecule has 132 valence electrons. The number of fused-ring (bicyclic) bond motifs is 1. The summed E-state index contributed by atoms with van der Waals surface area (Å²) in [4.78, 5) is 12.2. The van der Waals surface area contributed by atoms with Gasteiger partial charge in [-0.3, -0.25) is 4.79 Å². The van der Waals surface area contributed by atoms with E-state index in [-0.39, 0.29) is 11.7 Å². The molecule has 0 spiro atoms. The van der Waals surface area contributed by atoms with Crippen molar-refractivity contribution in [2.24, 2.45) is 5.10 Å². The summed E-state index contributed by atoms with van der Waals surface area (Å²) in [5.41, 5.74) is 3.91. The van der Waals surface area contributed by atoms with Gasteiger partial charge in [-0.1, -0.05) is 46.3 Å². The van der Waals surface area contributed by atoms with E-state index in [1.807, 2.05) is 54.6 Å². The minimum absolute atomic E-state index is 0.114. The summed E-state index contributed by atoms with van der Waals surface area (Å²) < 4.78 is 0.972. The van der Waals surface area contributed by atoms with Gasteiger partial charge in [0, 0.05) is 15.7 Å². The molecule has 0 aliphatic rings. The van der Waals surface area contributed by atoms with Crippen molar-refractivity contribution in [3.63, 3.8) is 0 Å². The average molecular weight is 412 g/mol. The van der Waals surface area contributed by atoms with Crippen molar-refractivity contribution in [3.8, 4) is 5.75 Å². The Bertz CT molecular complexity index is 955. The van der Waals surface area contributed by atoms with Crippen LogP contribution in [0, 0.1) is 0 Å². The fourth-order valence-electron chi connectivity index (χ4n) is 2.54. The molecule has 0 heterocycles. The molecule has 0 saturated heterocycles. The lowest BCUT2D eigenvalue weighted by molar-refractivity contribution is -0.121. The molecule has 26 heavy (non-hydrogen) atoms. The highest BCUT2D eigenvalue weighted by Gasteiger charge is 2.12. The van der Waals surface area contributed by atoms with Gasteiger partial charge in [0.1, 0.15) is 11.8 Å². The average Bonchev–Trinajstić information content (AvgIpc) is 2.65. The summed E-state index contributed by atoms with van der Waals surface area (Å²) in [6, 6.07) is 18.2. The molecule has 0 aromatic heterocycles. The van der Waals surface area contributed by atoms with E-state index in [1.54, 1.807) is 13.0 Å². The van der Waals surface area contributed by atoms with Crippen molar-refractivity contribution in [2.75, 3.05) is 5.32 Å². The number of anilines is 1. The molecule has 3 aromatic carbocycles. The maximum absolute atomic E-state index is 12.2. The maximum atomic E-state index is 12.2. The van der Waals surface area contributed by atoms with E-state index in [2.05, 4.69) is 31.8 Å². The van der Waals surface area contributed by atoms with Crippen LogP contribution in [0.1, 0.15) is 12.5 Å². The van der Waals surface area contributed by atoms with Gasteiger partial charge in [0.15, 0.2) is 0 Å². The van der Waals surface area contributed by atoms with Crippen LogP contribution in [0.15, 0.2) is 70.2 Å². The number of benzene rings is 3. The maximum Gasteiger partial charge on any atom is 0.262 e.